The quantitative estimate of drug-likeness (QED) is 0.763. The van der Waals surface area contributed by atoms with Gasteiger partial charge in [-0.15, -0.1) is 0 Å². The number of aliphatic hydroxyl groups excluding tert-OH is 1. The Bertz CT molecular complexity index is 928. The van der Waals surface area contributed by atoms with Gasteiger partial charge in [-0.1, -0.05) is 0 Å². The minimum absolute atomic E-state index is 0.135. The number of piperidine rings is 1. The number of benzene rings is 1. The predicted octanol–water partition coefficient (Wildman–Crippen LogP) is 1.79. The summed E-state index contributed by atoms with van der Waals surface area (Å²) in [6.07, 6.45) is 1.26. The number of aliphatic hydroxyl groups is 1. The first-order chi connectivity index (χ1) is 13.8. The van der Waals surface area contributed by atoms with Crippen molar-refractivity contribution >= 4 is 22.7 Å². The van der Waals surface area contributed by atoms with Crippen LogP contribution < -0.4 is 15.2 Å². The lowest BCUT2D eigenvalue weighted by Crippen LogP contribution is -2.45. The van der Waals surface area contributed by atoms with Gasteiger partial charge in [-0.25, -0.2) is 0 Å². The summed E-state index contributed by atoms with van der Waals surface area (Å²) in [6, 6.07) is 5.19. The molecule has 0 saturated carbocycles. The van der Waals surface area contributed by atoms with Gasteiger partial charge in [-0.05, 0) is 45.7 Å². The van der Waals surface area contributed by atoms with Crippen LogP contribution in [0.3, 0.4) is 0 Å². The van der Waals surface area contributed by atoms with Crippen LogP contribution in [-0.2, 0) is 4.79 Å². The van der Waals surface area contributed by atoms with E-state index in [2.05, 4.69) is 4.98 Å². The molecule has 0 aliphatic carbocycles. The molecule has 1 atom stereocenters. The number of hydrogen-bond donors (Lipinski definition) is 2. The van der Waals surface area contributed by atoms with E-state index in [9.17, 15) is 9.59 Å². The number of fused-ring (bicyclic) bond motifs is 1. The van der Waals surface area contributed by atoms with Crippen molar-refractivity contribution in [3.05, 3.63) is 29.5 Å². The number of aromatic nitrogens is 1. The fourth-order valence-electron chi connectivity index (χ4n) is 3.53. The average Bonchev–Trinajstić information content (AvgIpc) is 2.67. The number of aryl methyl sites for hydroxylation is 1. The van der Waals surface area contributed by atoms with E-state index in [0.717, 1.165) is 18.5 Å². The highest BCUT2D eigenvalue weighted by Crippen LogP contribution is 2.33. The van der Waals surface area contributed by atoms with Gasteiger partial charge >= 0.3 is 0 Å². The van der Waals surface area contributed by atoms with E-state index in [0.29, 0.717) is 35.5 Å². The van der Waals surface area contributed by atoms with Crippen LogP contribution in [0.4, 0.5) is 0 Å². The molecule has 8 nitrogen and oxygen atoms in total. The van der Waals surface area contributed by atoms with Gasteiger partial charge in [0.1, 0.15) is 24.2 Å². The van der Waals surface area contributed by atoms with E-state index in [1.165, 1.54) is 0 Å². The molecular weight excluding hydrogens is 374 g/mol. The number of carbonyl (C=O) groups excluding carboxylic acids is 2. The second-order valence-electron chi connectivity index (χ2n) is 7.54. The summed E-state index contributed by atoms with van der Waals surface area (Å²) >= 11 is 0. The molecule has 156 valence electrons. The van der Waals surface area contributed by atoms with Crippen molar-refractivity contribution in [2.75, 3.05) is 19.7 Å². The molecule has 1 aromatic carbocycles. The van der Waals surface area contributed by atoms with Crippen molar-refractivity contribution < 1.29 is 24.2 Å². The summed E-state index contributed by atoms with van der Waals surface area (Å²) in [5.74, 6) is 0.114. The molecule has 0 radical (unpaired) electrons. The van der Waals surface area contributed by atoms with Crippen LogP contribution in [-0.4, -0.2) is 58.7 Å². The number of hydrogen-bond acceptors (Lipinski definition) is 6. The predicted molar refractivity (Wildman–Crippen MR) is 108 cm³/mol. The van der Waals surface area contributed by atoms with Crippen molar-refractivity contribution in [2.24, 2.45) is 5.73 Å². The molecule has 3 N–H and O–H groups in total. The van der Waals surface area contributed by atoms with E-state index >= 15 is 0 Å². The molecule has 1 aliphatic rings. The van der Waals surface area contributed by atoms with E-state index in [1.807, 2.05) is 26.8 Å². The molecule has 29 heavy (non-hydrogen) atoms. The smallest absolute Gasteiger partial charge is 0.252 e. The van der Waals surface area contributed by atoms with E-state index < -0.39 is 12.5 Å². The van der Waals surface area contributed by atoms with E-state index in [1.54, 1.807) is 17.0 Å². The number of pyridine rings is 1. The topological polar surface area (TPSA) is 115 Å². The highest BCUT2D eigenvalue weighted by molar-refractivity contribution is 6.01. The molecule has 1 aromatic heterocycles. The number of rotatable bonds is 6. The second-order valence-corrected chi connectivity index (χ2v) is 7.54. The average molecular weight is 401 g/mol. The number of carbonyl (C=O) groups is 2. The number of nitrogens with zero attached hydrogens (tertiary/aromatic N) is 2. The molecule has 1 aliphatic heterocycles. The minimum Gasteiger partial charge on any atom is -0.490 e. The molecule has 1 fully saturated rings. The monoisotopic (exact) mass is 401 g/mol. The van der Waals surface area contributed by atoms with Crippen LogP contribution in [0.5, 0.6) is 11.5 Å². The molecule has 8 heteroatoms. The van der Waals surface area contributed by atoms with Gasteiger partial charge in [0.05, 0.1) is 23.7 Å². The highest BCUT2D eigenvalue weighted by atomic mass is 16.5. The minimum atomic E-state index is -0.584. The first kappa shape index (κ1) is 20.9. The summed E-state index contributed by atoms with van der Waals surface area (Å²) in [6.45, 7) is 6.11. The van der Waals surface area contributed by atoms with Crippen molar-refractivity contribution in [1.29, 1.82) is 0 Å². The summed E-state index contributed by atoms with van der Waals surface area (Å²) in [7, 11) is 0. The molecule has 1 saturated heterocycles. The van der Waals surface area contributed by atoms with Gasteiger partial charge in [0.25, 0.3) is 5.91 Å². The molecule has 0 bridgehead atoms. The lowest BCUT2D eigenvalue weighted by Gasteiger charge is -2.32. The lowest BCUT2D eigenvalue weighted by atomic mass is 10.1. The number of ether oxygens (including phenoxy) is 2. The summed E-state index contributed by atoms with van der Waals surface area (Å²) < 4.78 is 12.0. The number of amides is 2. The van der Waals surface area contributed by atoms with Gasteiger partial charge in [0.2, 0.25) is 5.91 Å². The standard InChI is InChI=1S/C21H27N3O5/c1-12(2)28-19-9-15-17(8-16(19)21(22)27)23-13(3)7-18(15)29-14-5-4-6-24(10-14)20(26)11-25/h7-9,12,14,25H,4-6,10-11H2,1-3H3,(H2,22,27)/t14-/m1/s1. The molecule has 2 amide bonds. The fourth-order valence-corrected chi connectivity index (χ4v) is 3.53. The van der Waals surface area contributed by atoms with Gasteiger partial charge in [-0.3, -0.25) is 14.6 Å². The van der Waals surface area contributed by atoms with Crippen molar-refractivity contribution in [1.82, 2.24) is 9.88 Å². The number of primary amides is 1. The Morgan fingerprint density at radius 3 is 2.72 bits per heavy atom. The van der Waals surface area contributed by atoms with Crippen molar-refractivity contribution in [3.8, 4) is 11.5 Å². The van der Waals surface area contributed by atoms with Gasteiger partial charge in [0.15, 0.2) is 0 Å². The fraction of sp³-hybridized carbons (Fsp3) is 0.476. The number of nitrogens with two attached hydrogens (primary N) is 1. The largest absolute Gasteiger partial charge is 0.490 e. The summed E-state index contributed by atoms with van der Waals surface area (Å²) in [5.41, 5.74) is 7.12. The zero-order chi connectivity index (χ0) is 21.1. The van der Waals surface area contributed by atoms with Crippen LogP contribution in [0.2, 0.25) is 0 Å². The first-order valence-electron chi connectivity index (χ1n) is 9.75. The van der Waals surface area contributed by atoms with Crippen LogP contribution in [0.25, 0.3) is 10.9 Å². The maximum atomic E-state index is 11.9. The van der Waals surface area contributed by atoms with Gasteiger partial charge < -0.3 is 25.2 Å². The lowest BCUT2D eigenvalue weighted by molar-refractivity contribution is -0.136. The number of likely N-dealkylation sites (tertiary alicyclic amines) is 1. The SMILES string of the molecule is Cc1cc(O[C@@H]2CCCN(C(=O)CO)C2)c2cc(OC(C)C)c(C(N)=O)cc2n1. The Kier molecular flexibility index (Phi) is 6.22. The van der Waals surface area contributed by atoms with Gasteiger partial charge in [-0.2, -0.15) is 0 Å². The summed E-state index contributed by atoms with van der Waals surface area (Å²) in [4.78, 5) is 29.8. The van der Waals surface area contributed by atoms with Crippen molar-refractivity contribution in [2.45, 2.75) is 45.8 Å². The zero-order valence-corrected chi connectivity index (χ0v) is 17.0. The molecule has 0 unspecified atom stereocenters. The molecule has 3 rings (SSSR count). The first-order valence-corrected chi connectivity index (χ1v) is 9.75. The Hall–Kier alpha value is -2.87. The Morgan fingerprint density at radius 2 is 2.07 bits per heavy atom. The van der Waals surface area contributed by atoms with E-state index in [4.69, 9.17) is 20.3 Å². The van der Waals surface area contributed by atoms with Crippen LogP contribution in [0, 0.1) is 6.92 Å². The van der Waals surface area contributed by atoms with Crippen LogP contribution in [0.1, 0.15) is 42.7 Å². The maximum absolute atomic E-state index is 11.9. The molecule has 2 aromatic rings. The molecule has 2 heterocycles. The maximum Gasteiger partial charge on any atom is 0.252 e. The molecular formula is C21H27N3O5. The summed E-state index contributed by atoms with van der Waals surface area (Å²) in [5, 5.41) is 9.83. The van der Waals surface area contributed by atoms with Crippen LogP contribution in [0.15, 0.2) is 18.2 Å². The van der Waals surface area contributed by atoms with Crippen molar-refractivity contribution in [3.63, 3.8) is 0 Å². The van der Waals surface area contributed by atoms with E-state index in [-0.39, 0.29) is 23.7 Å². The Morgan fingerprint density at radius 1 is 1.31 bits per heavy atom. The third-order valence-corrected chi connectivity index (χ3v) is 4.79. The highest BCUT2D eigenvalue weighted by Gasteiger charge is 2.25. The Labute approximate surface area is 169 Å². The third kappa shape index (κ3) is 4.76. The molecule has 0 spiro atoms. The van der Waals surface area contributed by atoms with Gasteiger partial charge in [0, 0.05) is 23.7 Å². The zero-order valence-electron chi connectivity index (χ0n) is 17.0. The van der Waals surface area contributed by atoms with Crippen LogP contribution >= 0.6 is 0 Å². The second kappa shape index (κ2) is 8.65. The third-order valence-electron chi connectivity index (χ3n) is 4.79. The Balaban J connectivity index is 1.98. The normalized spacial score (nSPS) is 16.9.